The van der Waals surface area contributed by atoms with Gasteiger partial charge >= 0.3 is 5.97 Å². The van der Waals surface area contributed by atoms with Crippen molar-refractivity contribution in [3.63, 3.8) is 0 Å². The molecule has 0 aromatic carbocycles. The molecular formula is C10H19NO4. The van der Waals surface area contributed by atoms with Crippen LogP contribution in [0.15, 0.2) is 0 Å². The number of hydrogen-bond acceptors (Lipinski definition) is 3. The van der Waals surface area contributed by atoms with Gasteiger partial charge in [0.1, 0.15) is 5.92 Å². The maximum atomic E-state index is 11.1. The Morgan fingerprint density at radius 3 is 2.60 bits per heavy atom. The predicted molar refractivity (Wildman–Crippen MR) is 55.5 cm³/mol. The fourth-order valence-electron chi connectivity index (χ4n) is 0.860. The van der Waals surface area contributed by atoms with Crippen molar-refractivity contribution in [2.45, 2.75) is 26.7 Å². The van der Waals surface area contributed by atoms with Gasteiger partial charge in [-0.25, -0.2) is 0 Å². The van der Waals surface area contributed by atoms with E-state index in [9.17, 15) is 9.59 Å². The Labute approximate surface area is 89.8 Å². The summed E-state index contributed by atoms with van der Waals surface area (Å²) in [7, 11) is 0. The fraction of sp³-hybridized carbons (Fsp3) is 0.800. The second kappa shape index (κ2) is 8.23. The summed E-state index contributed by atoms with van der Waals surface area (Å²) in [6.07, 6.45) is 2.07. The molecule has 0 saturated heterocycles. The second-order valence-corrected chi connectivity index (χ2v) is 3.32. The molecule has 1 amide bonds. The Balaban J connectivity index is 3.43. The molecule has 2 N–H and O–H groups in total. The van der Waals surface area contributed by atoms with Crippen molar-refractivity contribution in [2.75, 3.05) is 19.8 Å². The van der Waals surface area contributed by atoms with E-state index in [0.29, 0.717) is 19.8 Å². The van der Waals surface area contributed by atoms with Gasteiger partial charge in [-0.2, -0.15) is 0 Å². The average molecular weight is 217 g/mol. The second-order valence-electron chi connectivity index (χ2n) is 3.32. The molecule has 1 unspecified atom stereocenters. The smallest absolute Gasteiger partial charge is 0.315 e. The molecule has 88 valence electrons. The van der Waals surface area contributed by atoms with Crippen LogP contribution in [-0.4, -0.2) is 36.7 Å². The third-order valence-electron chi connectivity index (χ3n) is 1.95. The SMILES string of the molecule is CCCCOCCNC(=O)C(C)C(=O)O. The number of rotatable bonds is 8. The Kier molecular flexibility index (Phi) is 7.62. The molecule has 0 aliphatic carbocycles. The molecule has 0 aliphatic rings. The summed E-state index contributed by atoms with van der Waals surface area (Å²) in [5.74, 6) is -2.58. The minimum atomic E-state index is -1.11. The van der Waals surface area contributed by atoms with Crippen LogP contribution >= 0.6 is 0 Å². The minimum absolute atomic E-state index is 0.361. The molecule has 0 rings (SSSR count). The molecule has 1 atom stereocenters. The highest BCUT2D eigenvalue weighted by Gasteiger charge is 2.19. The highest BCUT2D eigenvalue weighted by molar-refractivity contribution is 5.96. The van der Waals surface area contributed by atoms with Crippen LogP contribution in [0.2, 0.25) is 0 Å². The number of carboxylic acid groups (broad SMARTS) is 1. The Hall–Kier alpha value is -1.10. The maximum absolute atomic E-state index is 11.1. The predicted octanol–water partition coefficient (Wildman–Crippen LogP) is 0.640. The summed E-state index contributed by atoms with van der Waals surface area (Å²) >= 11 is 0. The van der Waals surface area contributed by atoms with E-state index in [1.807, 2.05) is 0 Å². The lowest BCUT2D eigenvalue weighted by atomic mass is 10.2. The normalized spacial score (nSPS) is 12.1. The van der Waals surface area contributed by atoms with Crippen LogP contribution in [-0.2, 0) is 14.3 Å². The summed E-state index contributed by atoms with van der Waals surface area (Å²) < 4.78 is 5.20. The van der Waals surface area contributed by atoms with E-state index in [4.69, 9.17) is 9.84 Å². The largest absolute Gasteiger partial charge is 0.481 e. The Bertz CT molecular complexity index is 206. The lowest BCUT2D eigenvalue weighted by molar-refractivity contribution is -0.146. The highest BCUT2D eigenvalue weighted by atomic mass is 16.5. The zero-order chi connectivity index (χ0) is 11.7. The van der Waals surface area contributed by atoms with E-state index in [-0.39, 0.29) is 0 Å². The summed E-state index contributed by atoms with van der Waals surface area (Å²) in [5, 5.41) is 11.0. The van der Waals surface area contributed by atoms with E-state index in [1.165, 1.54) is 6.92 Å². The summed E-state index contributed by atoms with van der Waals surface area (Å²) in [4.78, 5) is 21.5. The zero-order valence-corrected chi connectivity index (χ0v) is 9.28. The highest BCUT2D eigenvalue weighted by Crippen LogP contribution is 1.93. The molecule has 0 heterocycles. The molecule has 15 heavy (non-hydrogen) atoms. The van der Waals surface area contributed by atoms with Crippen molar-refractivity contribution < 1.29 is 19.4 Å². The van der Waals surface area contributed by atoms with Crippen LogP contribution in [0.1, 0.15) is 26.7 Å². The molecule has 0 radical (unpaired) electrons. The first-order chi connectivity index (χ1) is 7.09. The van der Waals surface area contributed by atoms with Gasteiger partial charge in [0.2, 0.25) is 5.91 Å². The quantitative estimate of drug-likeness (QED) is 0.462. The van der Waals surface area contributed by atoms with E-state index in [1.54, 1.807) is 0 Å². The van der Waals surface area contributed by atoms with E-state index in [2.05, 4.69) is 12.2 Å². The molecule has 0 fully saturated rings. The number of ether oxygens (including phenoxy) is 1. The summed E-state index contributed by atoms with van der Waals surface area (Å²) in [6.45, 7) is 4.90. The van der Waals surface area contributed by atoms with Gasteiger partial charge in [-0.3, -0.25) is 9.59 Å². The van der Waals surface area contributed by atoms with Crippen LogP contribution in [0.25, 0.3) is 0 Å². The van der Waals surface area contributed by atoms with Crippen molar-refractivity contribution in [3.8, 4) is 0 Å². The van der Waals surface area contributed by atoms with Crippen molar-refractivity contribution in [3.05, 3.63) is 0 Å². The van der Waals surface area contributed by atoms with Crippen LogP contribution in [0, 0.1) is 5.92 Å². The van der Waals surface area contributed by atoms with Crippen molar-refractivity contribution in [2.24, 2.45) is 5.92 Å². The third-order valence-corrected chi connectivity index (χ3v) is 1.95. The lowest BCUT2D eigenvalue weighted by Crippen LogP contribution is -2.35. The van der Waals surface area contributed by atoms with Gasteiger partial charge < -0.3 is 15.2 Å². The maximum Gasteiger partial charge on any atom is 0.315 e. The number of carbonyl (C=O) groups is 2. The molecule has 0 aromatic rings. The topological polar surface area (TPSA) is 75.6 Å². The van der Waals surface area contributed by atoms with Gasteiger partial charge in [-0.05, 0) is 13.3 Å². The minimum Gasteiger partial charge on any atom is -0.481 e. The molecule has 5 nitrogen and oxygen atoms in total. The average Bonchev–Trinajstić information content (AvgIpc) is 2.21. The molecule has 0 bridgehead atoms. The summed E-state index contributed by atoms with van der Waals surface area (Å²) in [6, 6.07) is 0. The van der Waals surface area contributed by atoms with Crippen molar-refractivity contribution in [1.82, 2.24) is 5.32 Å². The number of hydrogen-bond donors (Lipinski definition) is 2. The van der Waals surface area contributed by atoms with E-state index < -0.39 is 17.8 Å². The Morgan fingerprint density at radius 2 is 2.07 bits per heavy atom. The first-order valence-corrected chi connectivity index (χ1v) is 5.17. The number of aliphatic carboxylic acids is 1. The number of amides is 1. The lowest BCUT2D eigenvalue weighted by Gasteiger charge is -2.08. The number of carboxylic acids is 1. The molecule has 0 saturated carbocycles. The van der Waals surface area contributed by atoms with E-state index in [0.717, 1.165) is 12.8 Å². The zero-order valence-electron chi connectivity index (χ0n) is 9.28. The summed E-state index contributed by atoms with van der Waals surface area (Å²) in [5.41, 5.74) is 0. The van der Waals surface area contributed by atoms with Crippen molar-refractivity contribution >= 4 is 11.9 Å². The van der Waals surface area contributed by atoms with Crippen molar-refractivity contribution in [1.29, 1.82) is 0 Å². The van der Waals surface area contributed by atoms with Gasteiger partial charge in [0.25, 0.3) is 0 Å². The van der Waals surface area contributed by atoms with Crippen LogP contribution < -0.4 is 5.32 Å². The van der Waals surface area contributed by atoms with Gasteiger partial charge in [-0.1, -0.05) is 13.3 Å². The molecule has 0 spiro atoms. The van der Waals surface area contributed by atoms with Gasteiger partial charge in [-0.15, -0.1) is 0 Å². The van der Waals surface area contributed by atoms with Crippen LogP contribution in [0.3, 0.4) is 0 Å². The molecule has 0 aromatic heterocycles. The number of unbranched alkanes of at least 4 members (excludes halogenated alkanes) is 1. The molecular weight excluding hydrogens is 198 g/mol. The van der Waals surface area contributed by atoms with Gasteiger partial charge in [0, 0.05) is 13.2 Å². The van der Waals surface area contributed by atoms with Crippen LogP contribution in [0.4, 0.5) is 0 Å². The fourth-order valence-corrected chi connectivity index (χ4v) is 0.860. The van der Waals surface area contributed by atoms with Crippen LogP contribution in [0.5, 0.6) is 0 Å². The molecule has 0 aliphatic heterocycles. The standard InChI is InChI=1S/C10H19NO4/c1-3-4-6-15-7-5-11-9(12)8(2)10(13)14/h8H,3-7H2,1-2H3,(H,11,12)(H,13,14). The third kappa shape index (κ3) is 6.90. The monoisotopic (exact) mass is 217 g/mol. The first-order valence-electron chi connectivity index (χ1n) is 5.17. The Morgan fingerprint density at radius 1 is 1.40 bits per heavy atom. The number of nitrogens with one attached hydrogen (secondary N) is 1. The van der Waals surface area contributed by atoms with E-state index >= 15 is 0 Å². The van der Waals surface area contributed by atoms with Gasteiger partial charge in [0.05, 0.1) is 6.61 Å². The van der Waals surface area contributed by atoms with Gasteiger partial charge in [0.15, 0.2) is 0 Å². The first kappa shape index (κ1) is 13.9. The molecule has 5 heteroatoms. The number of carbonyl (C=O) groups excluding carboxylic acids is 1.